The van der Waals surface area contributed by atoms with Crippen LogP contribution in [0.2, 0.25) is 0 Å². The maximum atomic E-state index is 12.7. The summed E-state index contributed by atoms with van der Waals surface area (Å²) in [6, 6.07) is 14.7. The molecule has 0 bridgehead atoms. The van der Waals surface area contributed by atoms with E-state index in [2.05, 4.69) is 16.0 Å². The van der Waals surface area contributed by atoms with Crippen LogP contribution < -0.4 is 16.0 Å². The molecule has 2 aromatic carbocycles. The zero-order valence-electron chi connectivity index (χ0n) is 17.4. The zero-order valence-corrected chi connectivity index (χ0v) is 18.2. The van der Waals surface area contributed by atoms with Gasteiger partial charge in [-0.25, -0.2) is 8.42 Å². The summed E-state index contributed by atoms with van der Waals surface area (Å²) in [5.41, 5.74) is 2.95. The number of anilines is 2. The minimum atomic E-state index is -3.54. The van der Waals surface area contributed by atoms with Gasteiger partial charge in [0.05, 0.1) is 35.7 Å². The highest BCUT2D eigenvalue weighted by molar-refractivity contribution is 7.90. The lowest BCUT2D eigenvalue weighted by Crippen LogP contribution is -2.43. The van der Waals surface area contributed by atoms with E-state index in [-0.39, 0.29) is 24.0 Å². The molecular formula is C23H23N3O5S. The fraction of sp³-hybridized carbons (Fsp3) is 0.217. The van der Waals surface area contributed by atoms with Crippen molar-refractivity contribution in [1.82, 2.24) is 5.32 Å². The molecule has 1 aliphatic heterocycles. The third-order valence-corrected chi connectivity index (χ3v) is 6.84. The number of benzene rings is 2. The van der Waals surface area contributed by atoms with E-state index in [4.69, 9.17) is 4.42 Å². The fourth-order valence-corrected chi connectivity index (χ4v) is 5.17. The number of nitrogens with one attached hydrogen (secondary N) is 3. The van der Waals surface area contributed by atoms with Gasteiger partial charge in [-0.3, -0.25) is 9.59 Å². The Morgan fingerprint density at radius 2 is 1.91 bits per heavy atom. The summed E-state index contributed by atoms with van der Waals surface area (Å²) in [5, 5.41) is 8.44. The molecule has 1 aliphatic rings. The van der Waals surface area contributed by atoms with Crippen LogP contribution in [0.1, 0.15) is 27.2 Å². The Morgan fingerprint density at radius 1 is 1.09 bits per heavy atom. The Kier molecular flexibility index (Phi) is 6.00. The number of hydrogen-bond acceptors (Lipinski definition) is 6. The summed E-state index contributed by atoms with van der Waals surface area (Å²) in [6.45, 7) is 2.10. The van der Waals surface area contributed by atoms with Crippen molar-refractivity contribution in [3.63, 3.8) is 0 Å². The number of hydrogen-bond donors (Lipinski definition) is 3. The largest absolute Gasteiger partial charge is 0.467 e. The molecule has 166 valence electrons. The maximum Gasteiger partial charge on any atom is 0.251 e. The molecule has 4 rings (SSSR count). The van der Waals surface area contributed by atoms with Crippen molar-refractivity contribution in [3.8, 4) is 0 Å². The molecule has 1 atom stereocenters. The van der Waals surface area contributed by atoms with E-state index in [1.807, 2.05) is 19.1 Å². The quantitative estimate of drug-likeness (QED) is 0.506. The average Bonchev–Trinajstić information content (AvgIpc) is 3.27. The predicted molar refractivity (Wildman–Crippen MR) is 121 cm³/mol. The van der Waals surface area contributed by atoms with E-state index < -0.39 is 21.8 Å². The third kappa shape index (κ3) is 5.00. The third-order valence-electron chi connectivity index (χ3n) is 5.25. The minimum Gasteiger partial charge on any atom is -0.467 e. The lowest BCUT2D eigenvalue weighted by molar-refractivity contribution is -0.116. The normalized spacial score (nSPS) is 15.4. The molecule has 32 heavy (non-hydrogen) atoms. The van der Waals surface area contributed by atoms with E-state index in [0.717, 1.165) is 5.56 Å². The van der Waals surface area contributed by atoms with E-state index in [1.165, 1.54) is 6.26 Å². The second kappa shape index (κ2) is 8.88. The summed E-state index contributed by atoms with van der Waals surface area (Å²) in [6.07, 6.45) is 1.53. The van der Waals surface area contributed by atoms with Gasteiger partial charge in [-0.05, 0) is 48.4 Å². The van der Waals surface area contributed by atoms with Gasteiger partial charge >= 0.3 is 0 Å². The Bertz CT molecular complexity index is 1250. The number of fused-ring (bicyclic) bond motifs is 1. The molecule has 2 amide bonds. The van der Waals surface area contributed by atoms with Gasteiger partial charge in [0.25, 0.3) is 5.91 Å². The molecule has 0 radical (unpaired) electrons. The molecule has 2 heterocycles. The monoisotopic (exact) mass is 453 g/mol. The van der Waals surface area contributed by atoms with Gasteiger partial charge in [-0.15, -0.1) is 0 Å². The first-order valence-electron chi connectivity index (χ1n) is 10.1. The highest BCUT2D eigenvalue weighted by atomic mass is 32.2. The first-order chi connectivity index (χ1) is 15.3. The van der Waals surface area contributed by atoms with Crippen molar-refractivity contribution in [2.45, 2.75) is 25.3 Å². The van der Waals surface area contributed by atoms with E-state index >= 15 is 0 Å². The first-order valence-corrected chi connectivity index (χ1v) is 11.9. The molecule has 0 saturated carbocycles. The number of rotatable bonds is 7. The van der Waals surface area contributed by atoms with Crippen LogP contribution in [0.5, 0.6) is 0 Å². The first kappa shape index (κ1) is 21.6. The summed E-state index contributed by atoms with van der Waals surface area (Å²) >= 11 is 0. The molecule has 0 aliphatic carbocycles. The second-order valence-corrected chi connectivity index (χ2v) is 9.80. The van der Waals surface area contributed by atoms with Crippen molar-refractivity contribution in [2.24, 2.45) is 0 Å². The summed E-state index contributed by atoms with van der Waals surface area (Å²) < 4.78 is 30.6. The van der Waals surface area contributed by atoms with Crippen LogP contribution in [0.3, 0.4) is 0 Å². The SMILES string of the molecule is Cc1ccccc1CS(=O)(=O)C[C@H]1Nc2ccc(C(=O)NCc3ccco3)cc2NC1=O. The Balaban J connectivity index is 1.42. The number of sulfone groups is 1. The predicted octanol–water partition coefficient (Wildman–Crippen LogP) is 2.87. The standard InChI is InChI=1S/C23H23N3O5S/c1-15-5-2-3-6-17(15)13-32(29,30)14-21-23(28)26-20-11-16(8-9-19(20)25-21)22(27)24-12-18-7-4-10-31-18/h2-11,21,25H,12-14H2,1H3,(H,24,27)(H,26,28)/t21-/m1/s1. The van der Waals surface area contributed by atoms with Gasteiger partial charge in [-0.2, -0.15) is 0 Å². The molecular weight excluding hydrogens is 430 g/mol. The van der Waals surface area contributed by atoms with E-state index in [1.54, 1.807) is 42.5 Å². The molecule has 0 unspecified atom stereocenters. The highest BCUT2D eigenvalue weighted by Crippen LogP contribution is 2.28. The van der Waals surface area contributed by atoms with Gasteiger partial charge in [0.2, 0.25) is 5.91 Å². The summed E-state index contributed by atoms with van der Waals surface area (Å²) in [4.78, 5) is 25.0. The van der Waals surface area contributed by atoms with Crippen LogP contribution in [0.4, 0.5) is 11.4 Å². The molecule has 8 nitrogen and oxygen atoms in total. The van der Waals surface area contributed by atoms with Crippen molar-refractivity contribution >= 4 is 33.0 Å². The van der Waals surface area contributed by atoms with Crippen molar-refractivity contribution in [3.05, 3.63) is 83.3 Å². The fourth-order valence-electron chi connectivity index (χ4n) is 3.51. The number of carbonyl (C=O) groups is 2. The van der Waals surface area contributed by atoms with Crippen LogP contribution in [0.15, 0.2) is 65.3 Å². The lowest BCUT2D eigenvalue weighted by atomic mass is 10.1. The topological polar surface area (TPSA) is 118 Å². The molecule has 3 N–H and O–H groups in total. The molecule has 3 aromatic rings. The Labute approximate surface area is 185 Å². The maximum absolute atomic E-state index is 12.7. The lowest BCUT2D eigenvalue weighted by Gasteiger charge is -2.27. The molecule has 0 spiro atoms. The zero-order chi connectivity index (χ0) is 22.7. The second-order valence-electron chi connectivity index (χ2n) is 7.69. The van der Waals surface area contributed by atoms with E-state index in [9.17, 15) is 18.0 Å². The van der Waals surface area contributed by atoms with Crippen LogP contribution in [-0.4, -0.2) is 32.0 Å². The van der Waals surface area contributed by atoms with Crippen LogP contribution in [-0.2, 0) is 26.9 Å². The van der Waals surface area contributed by atoms with Gasteiger partial charge in [0, 0.05) is 5.56 Å². The van der Waals surface area contributed by atoms with Crippen molar-refractivity contribution in [2.75, 3.05) is 16.4 Å². The number of aryl methyl sites for hydroxylation is 1. The summed E-state index contributed by atoms with van der Waals surface area (Å²) in [5.74, 6) is -0.619. The van der Waals surface area contributed by atoms with Gasteiger partial charge in [0.1, 0.15) is 11.8 Å². The molecule has 1 aromatic heterocycles. The average molecular weight is 454 g/mol. The van der Waals surface area contributed by atoms with Crippen molar-refractivity contribution < 1.29 is 22.4 Å². The van der Waals surface area contributed by atoms with Crippen LogP contribution in [0, 0.1) is 6.92 Å². The molecule has 0 saturated heterocycles. The Hall–Kier alpha value is -3.59. The smallest absolute Gasteiger partial charge is 0.251 e. The number of carbonyl (C=O) groups excluding carboxylic acids is 2. The molecule has 9 heteroatoms. The van der Waals surface area contributed by atoms with Crippen LogP contribution in [0.25, 0.3) is 0 Å². The Morgan fingerprint density at radius 3 is 2.66 bits per heavy atom. The summed E-state index contributed by atoms with van der Waals surface area (Å²) in [7, 11) is -3.54. The van der Waals surface area contributed by atoms with Crippen molar-refractivity contribution in [1.29, 1.82) is 0 Å². The minimum absolute atomic E-state index is 0.132. The van der Waals surface area contributed by atoms with E-state index in [0.29, 0.717) is 28.3 Å². The van der Waals surface area contributed by atoms with Gasteiger partial charge in [-0.1, -0.05) is 24.3 Å². The van der Waals surface area contributed by atoms with Gasteiger partial charge in [0.15, 0.2) is 9.84 Å². The van der Waals surface area contributed by atoms with Crippen LogP contribution >= 0.6 is 0 Å². The highest BCUT2D eigenvalue weighted by Gasteiger charge is 2.30. The van der Waals surface area contributed by atoms with Gasteiger partial charge < -0.3 is 20.4 Å². The number of amides is 2. The molecule has 0 fully saturated rings. The number of furan rings is 1.